The third kappa shape index (κ3) is 5.18. The summed E-state index contributed by atoms with van der Waals surface area (Å²) in [6, 6.07) is 5.26. The monoisotopic (exact) mass is 352 g/mol. The van der Waals surface area contributed by atoms with Crippen molar-refractivity contribution in [1.29, 1.82) is 0 Å². The number of hydrogen-bond acceptors (Lipinski definition) is 3. The second-order valence-corrected chi connectivity index (χ2v) is 5.63. The fourth-order valence-electron chi connectivity index (χ4n) is 1.34. The zero-order valence-electron chi connectivity index (χ0n) is 10.4. The van der Waals surface area contributed by atoms with Gasteiger partial charge in [-0.1, -0.05) is 22.0 Å². The highest BCUT2D eigenvalue weighted by Crippen LogP contribution is 2.23. The number of amides is 1. The topological polar surface area (TPSA) is 55.1 Å². The van der Waals surface area contributed by atoms with E-state index in [0.29, 0.717) is 6.42 Å². The molecule has 0 aliphatic carbocycles. The fraction of sp³-hybridized carbons (Fsp3) is 0.417. The van der Waals surface area contributed by atoms with Crippen molar-refractivity contribution in [2.45, 2.75) is 19.4 Å². The molecule has 3 N–H and O–H groups in total. The van der Waals surface area contributed by atoms with Gasteiger partial charge in [-0.3, -0.25) is 4.79 Å². The van der Waals surface area contributed by atoms with Crippen molar-refractivity contribution >= 4 is 51.7 Å². The highest BCUT2D eigenvalue weighted by Gasteiger charge is 2.14. The van der Waals surface area contributed by atoms with Crippen molar-refractivity contribution in [3.05, 3.63) is 28.2 Å². The zero-order valence-corrected chi connectivity index (χ0v) is 13.6. The SMILES string of the molecule is CSCC[C@H](N)C(=O)Nc1cccc(Br)c1C.Cl. The molecule has 0 saturated heterocycles. The van der Waals surface area contributed by atoms with Crippen molar-refractivity contribution in [2.75, 3.05) is 17.3 Å². The lowest BCUT2D eigenvalue weighted by Crippen LogP contribution is -2.36. The molecule has 3 nitrogen and oxygen atoms in total. The summed E-state index contributed by atoms with van der Waals surface area (Å²) in [7, 11) is 0. The molecule has 0 heterocycles. The van der Waals surface area contributed by atoms with Gasteiger partial charge in [0, 0.05) is 10.2 Å². The number of carbonyl (C=O) groups is 1. The highest BCUT2D eigenvalue weighted by atomic mass is 79.9. The van der Waals surface area contributed by atoms with Crippen LogP contribution in [0.1, 0.15) is 12.0 Å². The van der Waals surface area contributed by atoms with Crippen LogP contribution in [-0.4, -0.2) is 24.0 Å². The molecule has 1 aromatic carbocycles. The molecule has 102 valence electrons. The molecule has 0 aliphatic rings. The summed E-state index contributed by atoms with van der Waals surface area (Å²) in [6.45, 7) is 1.95. The molecule has 0 aliphatic heterocycles. The Balaban J connectivity index is 0.00000289. The molecule has 6 heteroatoms. The molecule has 0 unspecified atom stereocenters. The van der Waals surface area contributed by atoms with E-state index >= 15 is 0 Å². The van der Waals surface area contributed by atoms with Gasteiger partial charge in [0.25, 0.3) is 0 Å². The van der Waals surface area contributed by atoms with Crippen LogP contribution in [0.15, 0.2) is 22.7 Å². The first-order valence-electron chi connectivity index (χ1n) is 5.36. The minimum atomic E-state index is -0.444. The molecule has 0 saturated carbocycles. The summed E-state index contributed by atoms with van der Waals surface area (Å²) in [5.41, 5.74) is 7.62. The van der Waals surface area contributed by atoms with Crippen LogP contribution >= 0.6 is 40.1 Å². The van der Waals surface area contributed by atoms with Crippen LogP contribution in [0.2, 0.25) is 0 Å². The second kappa shape index (κ2) is 8.80. The van der Waals surface area contributed by atoms with Crippen molar-refractivity contribution in [3.8, 4) is 0 Å². The van der Waals surface area contributed by atoms with E-state index in [4.69, 9.17) is 5.73 Å². The van der Waals surface area contributed by atoms with Gasteiger partial charge in [0.2, 0.25) is 5.91 Å². The summed E-state index contributed by atoms with van der Waals surface area (Å²) in [6.07, 6.45) is 2.70. The quantitative estimate of drug-likeness (QED) is 0.854. The summed E-state index contributed by atoms with van der Waals surface area (Å²) in [5, 5.41) is 2.86. The fourth-order valence-corrected chi connectivity index (χ4v) is 2.20. The van der Waals surface area contributed by atoms with Crippen LogP contribution in [0.25, 0.3) is 0 Å². The second-order valence-electron chi connectivity index (χ2n) is 3.79. The molecule has 0 aromatic heterocycles. The molecular formula is C12H18BrClN2OS. The number of thioether (sulfide) groups is 1. The normalized spacial score (nSPS) is 11.6. The predicted octanol–water partition coefficient (Wildman–Crippen LogP) is 3.20. The summed E-state index contributed by atoms with van der Waals surface area (Å²) in [4.78, 5) is 11.8. The molecule has 0 bridgehead atoms. The minimum absolute atomic E-state index is 0. The average Bonchev–Trinajstić information content (AvgIpc) is 2.31. The molecular weight excluding hydrogens is 336 g/mol. The van der Waals surface area contributed by atoms with Crippen molar-refractivity contribution in [1.82, 2.24) is 0 Å². The number of carbonyl (C=O) groups excluding carboxylic acids is 1. The zero-order chi connectivity index (χ0) is 12.8. The summed E-state index contributed by atoms with van der Waals surface area (Å²) < 4.78 is 0.980. The van der Waals surface area contributed by atoms with Gasteiger partial charge < -0.3 is 11.1 Å². The van der Waals surface area contributed by atoms with E-state index in [9.17, 15) is 4.79 Å². The highest BCUT2D eigenvalue weighted by molar-refractivity contribution is 9.10. The Labute approximate surface area is 127 Å². The Hall–Kier alpha value is -0.230. The molecule has 1 rings (SSSR count). The molecule has 1 amide bonds. The van der Waals surface area contributed by atoms with E-state index in [1.165, 1.54) is 0 Å². The van der Waals surface area contributed by atoms with Crippen molar-refractivity contribution in [2.24, 2.45) is 5.73 Å². The molecule has 1 atom stereocenters. The van der Waals surface area contributed by atoms with Crippen LogP contribution in [-0.2, 0) is 4.79 Å². The first-order valence-corrected chi connectivity index (χ1v) is 7.55. The van der Waals surface area contributed by atoms with Crippen LogP contribution in [0, 0.1) is 6.92 Å². The lowest BCUT2D eigenvalue weighted by atomic mass is 10.1. The van der Waals surface area contributed by atoms with Gasteiger partial charge in [-0.05, 0) is 43.0 Å². The van der Waals surface area contributed by atoms with Gasteiger partial charge in [-0.25, -0.2) is 0 Å². The summed E-state index contributed by atoms with van der Waals surface area (Å²) >= 11 is 5.12. The van der Waals surface area contributed by atoms with E-state index in [2.05, 4.69) is 21.2 Å². The van der Waals surface area contributed by atoms with Gasteiger partial charge in [0.05, 0.1) is 6.04 Å². The third-order valence-corrected chi connectivity index (χ3v) is 4.00. The number of halogens is 2. The lowest BCUT2D eigenvalue weighted by molar-refractivity contribution is -0.117. The van der Waals surface area contributed by atoms with Crippen LogP contribution in [0.3, 0.4) is 0 Å². The first-order chi connectivity index (χ1) is 8.06. The molecule has 0 spiro atoms. The molecule has 0 radical (unpaired) electrons. The van der Waals surface area contributed by atoms with Gasteiger partial charge >= 0.3 is 0 Å². The Morgan fingerprint density at radius 2 is 2.22 bits per heavy atom. The number of benzene rings is 1. The number of hydrogen-bond donors (Lipinski definition) is 2. The van der Waals surface area contributed by atoms with Crippen LogP contribution in [0.4, 0.5) is 5.69 Å². The maximum atomic E-state index is 11.8. The summed E-state index contributed by atoms with van der Waals surface area (Å²) in [5.74, 6) is 0.770. The molecule has 0 fully saturated rings. The maximum Gasteiger partial charge on any atom is 0.241 e. The van der Waals surface area contributed by atoms with Gasteiger partial charge in [-0.2, -0.15) is 11.8 Å². The Bertz CT molecular complexity index is 404. The largest absolute Gasteiger partial charge is 0.324 e. The number of nitrogens with one attached hydrogen (secondary N) is 1. The predicted molar refractivity (Wildman–Crippen MR) is 85.7 cm³/mol. The molecule has 18 heavy (non-hydrogen) atoms. The third-order valence-electron chi connectivity index (χ3n) is 2.50. The first kappa shape index (κ1) is 17.8. The lowest BCUT2D eigenvalue weighted by Gasteiger charge is -2.13. The Morgan fingerprint density at radius 1 is 1.56 bits per heavy atom. The maximum absolute atomic E-state index is 11.8. The van der Waals surface area contributed by atoms with Gasteiger partial charge in [0.1, 0.15) is 0 Å². The van der Waals surface area contributed by atoms with E-state index in [1.54, 1.807) is 11.8 Å². The average molecular weight is 354 g/mol. The van der Waals surface area contributed by atoms with E-state index in [0.717, 1.165) is 21.5 Å². The van der Waals surface area contributed by atoms with Crippen molar-refractivity contribution in [3.63, 3.8) is 0 Å². The smallest absolute Gasteiger partial charge is 0.241 e. The minimum Gasteiger partial charge on any atom is -0.324 e. The van der Waals surface area contributed by atoms with Gasteiger partial charge in [-0.15, -0.1) is 12.4 Å². The van der Waals surface area contributed by atoms with Crippen LogP contribution < -0.4 is 11.1 Å². The Kier molecular flexibility index (Phi) is 8.69. The molecule has 1 aromatic rings. The van der Waals surface area contributed by atoms with E-state index < -0.39 is 6.04 Å². The van der Waals surface area contributed by atoms with E-state index in [1.807, 2.05) is 31.4 Å². The van der Waals surface area contributed by atoms with E-state index in [-0.39, 0.29) is 18.3 Å². The Morgan fingerprint density at radius 3 is 2.83 bits per heavy atom. The number of rotatable bonds is 5. The van der Waals surface area contributed by atoms with Gasteiger partial charge in [0.15, 0.2) is 0 Å². The standard InChI is InChI=1S/C12H17BrN2OS.ClH/c1-8-9(13)4-3-5-11(8)15-12(16)10(14)6-7-17-2;/h3-5,10H,6-7,14H2,1-2H3,(H,15,16);1H/t10-;/m0./s1. The van der Waals surface area contributed by atoms with Crippen molar-refractivity contribution < 1.29 is 4.79 Å². The van der Waals surface area contributed by atoms with Crippen LogP contribution in [0.5, 0.6) is 0 Å². The number of anilines is 1. The number of nitrogens with two attached hydrogens (primary N) is 1.